The molecule has 102 valence electrons. The van der Waals surface area contributed by atoms with Gasteiger partial charge >= 0.3 is 0 Å². The van der Waals surface area contributed by atoms with Crippen LogP contribution in [0, 0.1) is 0 Å². The lowest BCUT2D eigenvalue weighted by Crippen LogP contribution is -2.67. The van der Waals surface area contributed by atoms with Gasteiger partial charge in [-0.2, -0.15) is 0 Å². The van der Waals surface area contributed by atoms with Crippen molar-refractivity contribution in [2.75, 3.05) is 19.6 Å². The Balaban J connectivity index is 1.99. The number of nitrogens with zero attached hydrogens (tertiary/aromatic N) is 1. The molecular weight excluding hydrogens is 240 g/mol. The summed E-state index contributed by atoms with van der Waals surface area (Å²) in [5.41, 5.74) is 0.552. The Morgan fingerprint density at radius 3 is 2.78 bits per heavy atom. The second kappa shape index (κ2) is 5.32. The van der Waals surface area contributed by atoms with Crippen LogP contribution in [0.25, 0.3) is 0 Å². The SMILES string of the molecule is CCC1(C)CN(CCc2cccs2)C(C)(C)CN1. The van der Waals surface area contributed by atoms with Gasteiger partial charge in [0, 0.05) is 35.6 Å². The number of nitrogens with one attached hydrogen (secondary N) is 1. The van der Waals surface area contributed by atoms with Crippen LogP contribution < -0.4 is 5.32 Å². The van der Waals surface area contributed by atoms with Gasteiger partial charge in [0.2, 0.25) is 0 Å². The van der Waals surface area contributed by atoms with Gasteiger partial charge in [0.15, 0.2) is 0 Å². The van der Waals surface area contributed by atoms with Crippen LogP contribution in [0.3, 0.4) is 0 Å². The number of rotatable bonds is 4. The fourth-order valence-electron chi connectivity index (χ4n) is 2.55. The topological polar surface area (TPSA) is 15.3 Å². The van der Waals surface area contributed by atoms with Gasteiger partial charge in [0.25, 0.3) is 0 Å². The number of hydrogen-bond donors (Lipinski definition) is 1. The van der Waals surface area contributed by atoms with Crippen molar-refractivity contribution in [3.05, 3.63) is 22.4 Å². The number of hydrogen-bond acceptors (Lipinski definition) is 3. The minimum atomic E-state index is 0.270. The molecule has 1 aromatic heterocycles. The molecule has 0 aliphatic carbocycles. The van der Waals surface area contributed by atoms with Gasteiger partial charge < -0.3 is 5.32 Å². The molecule has 1 saturated heterocycles. The lowest BCUT2D eigenvalue weighted by atomic mass is 9.88. The third-order valence-corrected chi connectivity index (χ3v) is 5.27. The van der Waals surface area contributed by atoms with E-state index in [1.54, 1.807) is 0 Å². The van der Waals surface area contributed by atoms with Crippen LogP contribution in [-0.2, 0) is 6.42 Å². The molecule has 0 radical (unpaired) electrons. The van der Waals surface area contributed by atoms with Crippen LogP contribution >= 0.6 is 11.3 Å². The first kappa shape index (κ1) is 14.0. The summed E-state index contributed by atoms with van der Waals surface area (Å²) < 4.78 is 0. The Labute approximate surface area is 115 Å². The first-order chi connectivity index (χ1) is 8.45. The van der Waals surface area contributed by atoms with Crippen LogP contribution in [-0.4, -0.2) is 35.6 Å². The van der Waals surface area contributed by atoms with E-state index in [-0.39, 0.29) is 11.1 Å². The van der Waals surface area contributed by atoms with Crippen molar-refractivity contribution in [1.29, 1.82) is 0 Å². The Morgan fingerprint density at radius 2 is 2.17 bits per heavy atom. The summed E-state index contributed by atoms with van der Waals surface area (Å²) in [5.74, 6) is 0. The summed E-state index contributed by atoms with van der Waals surface area (Å²) in [4.78, 5) is 4.16. The maximum atomic E-state index is 3.72. The molecule has 0 saturated carbocycles. The van der Waals surface area contributed by atoms with E-state index in [1.807, 2.05) is 11.3 Å². The standard InChI is InChI=1S/C15H26N2S/c1-5-15(4)12-17(14(2,3)11-16-15)9-8-13-7-6-10-18-13/h6-7,10,16H,5,8-9,11-12H2,1-4H3. The van der Waals surface area contributed by atoms with Gasteiger partial charge in [-0.1, -0.05) is 13.0 Å². The van der Waals surface area contributed by atoms with E-state index in [1.165, 1.54) is 24.3 Å². The van der Waals surface area contributed by atoms with E-state index in [0.717, 1.165) is 13.1 Å². The van der Waals surface area contributed by atoms with Crippen molar-refractivity contribution in [2.24, 2.45) is 0 Å². The summed E-state index contributed by atoms with van der Waals surface area (Å²) in [6.45, 7) is 12.7. The van der Waals surface area contributed by atoms with Crippen LogP contribution in [0.15, 0.2) is 17.5 Å². The molecule has 2 heterocycles. The summed E-state index contributed by atoms with van der Waals surface area (Å²) in [6.07, 6.45) is 2.37. The zero-order valence-corrected chi connectivity index (χ0v) is 12.9. The van der Waals surface area contributed by atoms with Crippen molar-refractivity contribution in [1.82, 2.24) is 10.2 Å². The molecule has 3 heteroatoms. The zero-order valence-electron chi connectivity index (χ0n) is 12.1. The molecule has 0 spiro atoms. The lowest BCUT2D eigenvalue weighted by molar-refractivity contribution is 0.0325. The van der Waals surface area contributed by atoms with Gasteiger partial charge in [0.1, 0.15) is 0 Å². The Morgan fingerprint density at radius 1 is 1.39 bits per heavy atom. The second-order valence-electron chi connectivity index (χ2n) is 6.33. The minimum Gasteiger partial charge on any atom is -0.308 e. The monoisotopic (exact) mass is 266 g/mol. The average Bonchev–Trinajstić information content (AvgIpc) is 2.84. The lowest BCUT2D eigenvalue weighted by Gasteiger charge is -2.50. The van der Waals surface area contributed by atoms with Crippen molar-refractivity contribution in [3.8, 4) is 0 Å². The molecule has 1 aliphatic heterocycles. The van der Waals surface area contributed by atoms with Crippen LogP contribution in [0.5, 0.6) is 0 Å². The highest BCUT2D eigenvalue weighted by atomic mass is 32.1. The maximum absolute atomic E-state index is 3.72. The first-order valence-corrected chi connectivity index (χ1v) is 7.86. The van der Waals surface area contributed by atoms with Crippen LogP contribution in [0.4, 0.5) is 0 Å². The Kier molecular flexibility index (Phi) is 4.15. The van der Waals surface area contributed by atoms with Gasteiger partial charge in [-0.25, -0.2) is 0 Å². The van der Waals surface area contributed by atoms with Crippen molar-refractivity contribution in [3.63, 3.8) is 0 Å². The van der Waals surface area contributed by atoms with E-state index in [0.29, 0.717) is 0 Å². The van der Waals surface area contributed by atoms with E-state index >= 15 is 0 Å². The number of piperazine rings is 1. The molecule has 2 rings (SSSR count). The van der Waals surface area contributed by atoms with Gasteiger partial charge in [-0.15, -0.1) is 11.3 Å². The number of thiophene rings is 1. The normalized spacial score (nSPS) is 28.4. The average molecular weight is 266 g/mol. The molecule has 1 aliphatic rings. The minimum absolute atomic E-state index is 0.270. The summed E-state index contributed by atoms with van der Waals surface area (Å²) in [5, 5.41) is 5.89. The summed E-state index contributed by atoms with van der Waals surface area (Å²) >= 11 is 1.87. The van der Waals surface area contributed by atoms with Crippen molar-refractivity contribution >= 4 is 11.3 Å². The quantitative estimate of drug-likeness (QED) is 0.900. The largest absolute Gasteiger partial charge is 0.308 e. The fourth-order valence-corrected chi connectivity index (χ4v) is 3.25. The van der Waals surface area contributed by atoms with E-state index < -0.39 is 0 Å². The molecule has 1 atom stereocenters. The molecule has 1 fully saturated rings. The molecule has 0 amide bonds. The predicted octanol–water partition coefficient (Wildman–Crippen LogP) is 3.14. The molecule has 0 aromatic carbocycles. The predicted molar refractivity (Wildman–Crippen MR) is 80.4 cm³/mol. The maximum Gasteiger partial charge on any atom is 0.0278 e. The smallest absolute Gasteiger partial charge is 0.0278 e. The Bertz CT molecular complexity index is 372. The van der Waals surface area contributed by atoms with Crippen molar-refractivity contribution in [2.45, 2.75) is 51.6 Å². The molecule has 0 bridgehead atoms. The zero-order chi connectivity index (χ0) is 13.2. The highest BCUT2D eigenvalue weighted by molar-refractivity contribution is 7.09. The highest BCUT2D eigenvalue weighted by Gasteiger charge is 2.38. The van der Waals surface area contributed by atoms with Gasteiger partial charge in [-0.05, 0) is 45.1 Å². The van der Waals surface area contributed by atoms with Crippen LogP contribution in [0.1, 0.15) is 39.0 Å². The highest BCUT2D eigenvalue weighted by Crippen LogP contribution is 2.26. The van der Waals surface area contributed by atoms with Gasteiger partial charge in [0.05, 0.1) is 0 Å². The second-order valence-corrected chi connectivity index (χ2v) is 7.36. The first-order valence-electron chi connectivity index (χ1n) is 6.98. The van der Waals surface area contributed by atoms with Crippen molar-refractivity contribution < 1.29 is 0 Å². The third kappa shape index (κ3) is 3.14. The van der Waals surface area contributed by atoms with Gasteiger partial charge in [-0.3, -0.25) is 4.90 Å². The third-order valence-electron chi connectivity index (χ3n) is 4.33. The summed E-state index contributed by atoms with van der Waals surface area (Å²) in [7, 11) is 0. The van der Waals surface area contributed by atoms with E-state index in [2.05, 4.69) is 55.4 Å². The summed E-state index contributed by atoms with van der Waals surface area (Å²) in [6, 6.07) is 4.40. The molecule has 1 N–H and O–H groups in total. The Hall–Kier alpha value is -0.380. The fraction of sp³-hybridized carbons (Fsp3) is 0.733. The molecule has 1 aromatic rings. The molecular formula is C15H26N2S. The van der Waals surface area contributed by atoms with E-state index in [4.69, 9.17) is 0 Å². The molecule has 1 unspecified atom stereocenters. The van der Waals surface area contributed by atoms with Crippen LogP contribution in [0.2, 0.25) is 0 Å². The molecule has 2 nitrogen and oxygen atoms in total. The molecule has 18 heavy (non-hydrogen) atoms. The van der Waals surface area contributed by atoms with E-state index in [9.17, 15) is 0 Å².